The number of nitrogens with one attached hydrogen (secondary N) is 1. The van der Waals surface area contributed by atoms with E-state index in [4.69, 9.17) is 0 Å². The van der Waals surface area contributed by atoms with E-state index in [1.165, 1.54) is 16.9 Å². The molecule has 2 aromatic carbocycles. The number of rotatable bonds is 2. The van der Waals surface area contributed by atoms with Crippen LogP contribution < -0.4 is 5.56 Å². The maximum atomic E-state index is 12.3. The zero-order valence-corrected chi connectivity index (χ0v) is 15.9. The highest BCUT2D eigenvalue weighted by atomic mass is 32.1. The van der Waals surface area contributed by atoms with Gasteiger partial charge in [-0.1, -0.05) is 51.1 Å². The Balaban J connectivity index is 2.07. The second kappa shape index (κ2) is 6.08. The molecule has 132 valence electrons. The number of hydrogen-bond acceptors (Lipinski definition) is 3. The number of aromatic amines is 1. The lowest BCUT2D eigenvalue weighted by Gasteiger charge is -2.20. The van der Waals surface area contributed by atoms with Crippen molar-refractivity contribution in [2.45, 2.75) is 32.8 Å². The minimum absolute atomic E-state index is 0.0446. The van der Waals surface area contributed by atoms with E-state index in [-0.39, 0.29) is 17.6 Å². The molecule has 3 nitrogen and oxygen atoms in total. The van der Waals surface area contributed by atoms with Crippen molar-refractivity contribution >= 4 is 32.3 Å². The highest BCUT2D eigenvalue weighted by molar-refractivity contribution is 7.17. The van der Waals surface area contributed by atoms with Crippen LogP contribution in [0, 0.1) is 0 Å². The van der Waals surface area contributed by atoms with E-state index in [1.807, 2.05) is 23.6 Å². The number of hydrogen-bond donors (Lipinski definition) is 2. The number of aromatic nitrogens is 1. The van der Waals surface area contributed by atoms with Gasteiger partial charge in [0.15, 0.2) is 0 Å². The summed E-state index contributed by atoms with van der Waals surface area (Å²) in [4.78, 5) is 15.3. The maximum absolute atomic E-state index is 12.3. The summed E-state index contributed by atoms with van der Waals surface area (Å²) < 4.78 is 0.722. The molecule has 0 aliphatic carbocycles. The van der Waals surface area contributed by atoms with Crippen molar-refractivity contribution in [2.75, 3.05) is 0 Å². The minimum Gasteiger partial charge on any atom is -0.392 e. The van der Waals surface area contributed by atoms with E-state index < -0.39 is 0 Å². The molecular weight excluding hydrogens is 342 g/mol. The molecule has 2 N–H and O–H groups in total. The minimum atomic E-state index is -0.0618. The van der Waals surface area contributed by atoms with Crippen molar-refractivity contribution < 1.29 is 5.11 Å². The van der Waals surface area contributed by atoms with Crippen molar-refractivity contribution in [3.63, 3.8) is 0 Å². The van der Waals surface area contributed by atoms with Gasteiger partial charge < -0.3 is 10.1 Å². The van der Waals surface area contributed by atoms with E-state index in [1.54, 1.807) is 0 Å². The Hall–Kier alpha value is -2.43. The summed E-state index contributed by atoms with van der Waals surface area (Å²) in [6.07, 6.45) is 0. The quantitative estimate of drug-likeness (QED) is 0.514. The Morgan fingerprint density at radius 2 is 1.77 bits per heavy atom. The van der Waals surface area contributed by atoms with E-state index in [0.29, 0.717) is 0 Å². The third-order valence-corrected chi connectivity index (χ3v) is 5.80. The van der Waals surface area contributed by atoms with Gasteiger partial charge in [-0.3, -0.25) is 4.79 Å². The molecule has 4 aromatic rings. The number of thiophene rings is 1. The number of aliphatic hydroxyl groups is 1. The number of fused-ring (bicyclic) bond motifs is 3. The molecule has 0 saturated heterocycles. The Morgan fingerprint density at radius 3 is 2.42 bits per heavy atom. The molecule has 0 atom stereocenters. The Morgan fingerprint density at radius 1 is 1.04 bits per heavy atom. The number of H-pyrrole nitrogens is 1. The molecule has 0 aliphatic rings. The van der Waals surface area contributed by atoms with Gasteiger partial charge in [0.25, 0.3) is 5.56 Å². The summed E-state index contributed by atoms with van der Waals surface area (Å²) in [5.41, 5.74) is 4.99. The largest absolute Gasteiger partial charge is 0.392 e. The van der Waals surface area contributed by atoms with Gasteiger partial charge in [-0.15, -0.1) is 11.3 Å². The van der Waals surface area contributed by atoms with Crippen LogP contribution in [-0.4, -0.2) is 10.1 Å². The van der Waals surface area contributed by atoms with E-state index in [2.05, 4.69) is 50.0 Å². The molecule has 26 heavy (non-hydrogen) atoms. The van der Waals surface area contributed by atoms with E-state index in [0.717, 1.165) is 37.7 Å². The SMILES string of the molecule is CC(C)(C)c1ccc(-c2c(CO)ccc3[nH]c(=O)c4sccc4c23)cc1. The first-order chi connectivity index (χ1) is 12.4. The van der Waals surface area contributed by atoms with Crippen LogP contribution in [0.4, 0.5) is 0 Å². The van der Waals surface area contributed by atoms with Gasteiger partial charge in [-0.25, -0.2) is 0 Å². The molecule has 4 heteroatoms. The fraction of sp³-hybridized carbons (Fsp3) is 0.227. The van der Waals surface area contributed by atoms with Gasteiger partial charge in [0.05, 0.1) is 6.61 Å². The van der Waals surface area contributed by atoms with Crippen LogP contribution in [0.1, 0.15) is 31.9 Å². The van der Waals surface area contributed by atoms with Crippen LogP contribution >= 0.6 is 11.3 Å². The lowest BCUT2D eigenvalue weighted by Crippen LogP contribution is -2.10. The van der Waals surface area contributed by atoms with Crippen molar-refractivity contribution in [2.24, 2.45) is 0 Å². The summed E-state index contributed by atoms with van der Waals surface area (Å²) in [5.74, 6) is 0. The summed E-state index contributed by atoms with van der Waals surface area (Å²) in [6.45, 7) is 6.53. The third-order valence-electron chi connectivity index (χ3n) is 4.89. The van der Waals surface area contributed by atoms with Crippen molar-refractivity contribution in [3.8, 4) is 11.1 Å². The fourth-order valence-corrected chi connectivity index (χ4v) is 4.28. The molecule has 2 heterocycles. The summed E-state index contributed by atoms with van der Waals surface area (Å²) in [7, 11) is 0. The molecule has 0 radical (unpaired) electrons. The van der Waals surface area contributed by atoms with Gasteiger partial charge in [-0.2, -0.15) is 0 Å². The van der Waals surface area contributed by atoms with E-state index in [9.17, 15) is 9.90 Å². The monoisotopic (exact) mass is 363 g/mol. The van der Waals surface area contributed by atoms with Crippen LogP contribution in [-0.2, 0) is 12.0 Å². The summed E-state index contributed by atoms with van der Waals surface area (Å²) >= 11 is 1.45. The average molecular weight is 363 g/mol. The smallest absolute Gasteiger partial charge is 0.266 e. The van der Waals surface area contributed by atoms with E-state index >= 15 is 0 Å². The molecule has 0 saturated carbocycles. The first kappa shape index (κ1) is 17.0. The van der Waals surface area contributed by atoms with Crippen molar-refractivity contribution in [1.29, 1.82) is 0 Å². The van der Waals surface area contributed by atoms with Gasteiger partial charge in [0.1, 0.15) is 4.70 Å². The van der Waals surface area contributed by atoms with Crippen LogP contribution in [0.15, 0.2) is 52.6 Å². The third kappa shape index (κ3) is 2.66. The lowest BCUT2D eigenvalue weighted by molar-refractivity contribution is 0.282. The topological polar surface area (TPSA) is 53.1 Å². The normalized spacial score (nSPS) is 12.2. The number of aliphatic hydroxyl groups excluding tert-OH is 1. The van der Waals surface area contributed by atoms with Crippen LogP contribution in [0.3, 0.4) is 0 Å². The zero-order valence-electron chi connectivity index (χ0n) is 15.1. The molecule has 0 aliphatic heterocycles. The van der Waals surface area contributed by atoms with Crippen molar-refractivity contribution in [1.82, 2.24) is 4.98 Å². The number of pyridine rings is 1. The van der Waals surface area contributed by atoms with Gasteiger partial charge in [0, 0.05) is 16.3 Å². The second-order valence-corrected chi connectivity index (χ2v) is 8.54. The molecule has 4 rings (SSSR count). The first-order valence-electron chi connectivity index (χ1n) is 8.67. The number of benzene rings is 2. The molecule has 0 fully saturated rings. The summed E-state index contributed by atoms with van der Waals surface area (Å²) in [6, 6.07) is 14.3. The van der Waals surface area contributed by atoms with Crippen LogP contribution in [0.2, 0.25) is 0 Å². The standard InChI is InChI=1S/C22H21NO2S/c1-22(2,3)15-7-4-13(5-8-15)18-14(12-24)6-9-17-19(18)16-10-11-26-20(16)21(25)23-17/h4-11,24H,12H2,1-3H3,(H,23,25). The van der Waals surface area contributed by atoms with Gasteiger partial charge in [-0.05, 0) is 45.2 Å². The highest BCUT2D eigenvalue weighted by Gasteiger charge is 2.17. The van der Waals surface area contributed by atoms with Gasteiger partial charge >= 0.3 is 0 Å². The lowest BCUT2D eigenvalue weighted by atomic mass is 9.85. The fourth-order valence-electron chi connectivity index (χ4n) is 3.49. The predicted molar refractivity (Wildman–Crippen MR) is 110 cm³/mol. The van der Waals surface area contributed by atoms with Crippen LogP contribution in [0.5, 0.6) is 0 Å². The molecule has 0 bridgehead atoms. The van der Waals surface area contributed by atoms with Gasteiger partial charge in [0.2, 0.25) is 0 Å². The molecule has 2 aromatic heterocycles. The molecule has 0 unspecified atom stereocenters. The predicted octanol–water partition coefficient (Wildman–Crippen LogP) is 5.20. The molecular formula is C22H21NO2S. The summed E-state index contributed by atoms with van der Waals surface area (Å²) in [5, 5.41) is 13.8. The Bertz CT molecular complexity index is 1160. The van der Waals surface area contributed by atoms with Crippen molar-refractivity contribution in [3.05, 3.63) is 69.3 Å². The Labute approximate surface area is 155 Å². The zero-order chi connectivity index (χ0) is 18.5. The Kier molecular flexibility index (Phi) is 3.98. The first-order valence-corrected chi connectivity index (χ1v) is 9.55. The molecule has 0 amide bonds. The van der Waals surface area contributed by atoms with Crippen LogP contribution in [0.25, 0.3) is 32.1 Å². The second-order valence-electron chi connectivity index (χ2n) is 7.63. The molecule has 0 spiro atoms. The highest BCUT2D eigenvalue weighted by Crippen LogP contribution is 2.37. The maximum Gasteiger partial charge on any atom is 0.266 e. The average Bonchev–Trinajstić information content (AvgIpc) is 3.11.